The molecular weight excluding hydrogens is 404 g/mol. The van der Waals surface area contributed by atoms with E-state index >= 15 is 0 Å². The number of nitrogens with one attached hydrogen (secondary N) is 1. The monoisotopic (exact) mass is 422 g/mol. The van der Waals surface area contributed by atoms with Gasteiger partial charge >= 0.3 is 0 Å². The summed E-state index contributed by atoms with van der Waals surface area (Å²) in [4.78, 5) is 20.7. The molecule has 30 heavy (non-hydrogen) atoms. The molecular formula is C20H18N6O3S. The fourth-order valence-corrected chi connectivity index (χ4v) is 3.40. The van der Waals surface area contributed by atoms with Gasteiger partial charge in [0.1, 0.15) is 11.6 Å². The van der Waals surface area contributed by atoms with E-state index in [-0.39, 0.29) is 5.91 Å². The molecule has 1 amide bonds. The van der Waals surface area contributed by atoms with Gasteiger partial charge in [0.15, 0.2) is 11.5 Å². The number of methoxy groups -OCH3 is 1. The Bertz CT molecular complexity index is 1160. The second-order valence-corrected chi connectivity index (χ2v) is 7.23. The number of rotatable bonds is 7. The van der Waals surface area contributed by atoms with Crippen LogP contribution in [0, 0.1) is 0 Å². The van der Waals surface area contributed by atoms with Gasteiger partial charge in [0.25, 0.3) is 5.91 Å². The highest BCUT2D eigenvalue weighted by Gasteiger charge is 2.15. The van der Waals surface area contributed by atoms with Gasteiger partial charge in [0.05, 0.1) is 25.3 Å². The van der Waals surface area contributed by atoms with Gasteiger partial charge < -0.3 is 14.0 Å². The van der Waals surface area contributed by atoms with Gasteiger partial charge in [0, 0.05) is 30.6 Å². The summed E-state index contributed by atoms with van der Waals surface area (Å²) in [7, 11) is 3.42. The summed E-state index contributed by atoms with van der Waals surface area (Å²) in [5, 5.41) is 12.0. The normalized spacial score (nSPS) is 10.6. The predicted octanol–water partition coefficient (Wildman–Crippen LogP) is 3.17. The van der Waals surface area contributed by atoms with E-state index in [0.717, 1.165) is 11.3 Å². The summed E-state index contributed by atoms with van der Waals surface area (Å²) in [5.41, 5.74) is 2.22. The highest BCUT2D eigenvalue weighted by atomic mass is 32.1. The molecule has 0 saturated heterocycles. The van der Waals surface area contributed by atoms with Gasteiger partial charge in [-0.25, -0.2) is 4.98 Å². The molecule has 3 aromatic heterocycles. The van der Waals surface area contributed by atoms with Crippen molar-refractivity contribution in [1.82, 2.24) is 24.7 Å². The van der Waals surface area contributed by atoms with Crippen molar-refractivity contribution in [3.05, 3.63) is 66.5 Å². The third kappa shape index (κ3) is 4.28. The molecule has 0 aliphatic rings. The van der Waals surface area contributed by atoms with Gasteiger partial charge in [-0.3, -0.25) is 15.1 Å². The topological polar surface area (TPSA) is 104 Å². The largest absolute Gasteiger partial charge is 0.493 e. The summed E-state index contributed by atoms with van der Waals surface area (Å²) >= 11 is 1.28. The third-order valence-corrected chi connectivity index (χ3v) is 5.18. The van der Waals surface area contributed by atoms with Gasteiger partial charge in [0.2, 0.25) is 5.13 Å². The number of ether oxygens (including phenoxy) is 2. The number of carbonyl (C=O) groups is 1. The number of nitrogens with zero attached hydrogens (tertiary/aromatic N) is 5. The van der Waals surface area contributed by atoms with Crippen molar-refractivity contribution in [2.45, 2.75) is 6.61 Å². The summed E-state index contributed by atoms with van der Waals surface area (Å²) < 4.78 is 13.1. The van der Waals surface area contributed by atoms with Crippen LogP contribution in [0.3, 0.4) is 0 Å². The number of benzene rings is 1. The van der Waals surface area contributed by atoms with Crippen molar-refractivity contribution in [3.8, 4) is 22.1 Å². The van der Waals surface area contributed by atoms with Crippen molar-refractivity contribution in [3.63, 3.8) is 0 Å². The lowest BCUT2D eigenvalue weighted by Gasteiger charge is -2.12. The van der Waals surface area contributed by atoms with Gasteiger partial charge in [-0.15, -0.1) is 10.2 Å². The van der Waals surface area contributed by atoms with Crippen LogP contribution >= 0.6 is 11.3 Å². The number of amides is 1. The quantitative estimate of drug-likeness (QED) is 0.488. The zero-order chi connectivity index (χ0) is 20.9. The van der Waals surface area contributed by atoms with E-state index in [1.807, 2.05) is 23.7 Å². The molecule has 0 atom stereocenters. The molecule has 0 spiro atoms. The Balaban J connectivity index is 1.45. The van der Waals surface area contributed by atoms with E-state index in [1.165, 1.54) is 18.4 Å². The first-order valence-corrected chi connectivity index (χ1v) is 9.77. The van der Waals surface area contributed by atoms with E-state index in [4.69, 9.17) is 9.47 Å². The number of carbonyl (C=O) groups excluding carboxylic acids is 1. The zero-order valence-electron chi connectivity index (χ0n) is 16.3. The van der Waals surface area contributed by atoms with Crippen molar-refractivity contribution in [2.75, 3.05) is 12.4 Å². The molecule has 1 N–H and O–H groups in total. The first kappa shape index (κ1) is 19.5. The van der Waals surface area contributed by atoms with Crippen LogP contribution in [0.1, 0.15) is 16.1 Å². The smallest absolute Gasteiger partial charge is 0.257 e. The molecule has 4 rings (SSSR count). The highest BCUT2D eigenvalue weighted by Crippen LogP contribution is 2.30. The van der Waals surface area contributed by atoms with Crippen molar-refractivity contribution < 1.29 is 14.3 Å². The molecule has 9 nitrogen and oxygen atoms in total. The second-order valence-electron chi connectivity index (χ2n) is 6.25. The Labute approximate surface area is 176 Å². The molecule has 4 aromatic rings. The van der Waals surface area contributed by atoms with Crippen LogP contribution in [0.2, 0.25) is 0 Å². The maximum Gasteiger partial charge on any atom is 0.257 e. The fourth-order valence-electron chi connectivity index (χ4n) is 2.66. The number of aromatic nitrogens is 5. The van der Waals surface area contributed by atoms with Crippen LogP contribution in [0.5, 0.6) is 11.5 Å². The molecule has 1 aromatic carbocycles. The minimum Gasteiger partial charge on any atom is -0.493 e. The lowest BCUT2D eigenvalue weighted by atomic mass is 10.2. The van der Waals surface area contributed by atoms with E-state index < -0.39 is 0 Å². The molecule has 10 heteroatoms. The molecule has 0 saturated carbocycles. The Morgan fingerprint density at radius 2 is 1.97 bits per heavy atom. The number of imidazole rings is 1. The minimum atomic E-state index is -0.316. The molecule has 3 heterocycles. The summed E-state index contributed by atoms with van der Waals surface area (Å²) in [6.45, 7) is 0.334. The van der Waals surface area contributed by atoms with E-state index in [9.17, 15) is 4.79 Å². The van der Waals surface area contributed by atoms with E-state index in [1.54, 1.807) is 43.1 Å². The SMILES string of the molecule is COc1cc(C(=O)Nc2nnc(-c3ccncc3)s2)ccc1OCc1cncn1C. The van der Waals surface area contributed by atoms with Crippen molar-refractivity contribution in [2.24, 2.45) is 7.05 Å². The number of hydrogen-bond donors (Lipinski definition) is 1. The summed E-state index contributed by atoms with van der Waals surface area (Å²) in [6, 6.07) is 8.66. The minimum absolute atomic E-state index is 0.316. The van der Waals surface area contributed by atoms with Crippen molar-refractivity contribution in [1.29, 1.82) is 0 Å². The Morgan fingerprint density at radius 1 is 1.13 bits per heavy atom. The fraction of sp³-hybridized carbons (Fsp3) is 0.150. The molecule has 0 fully saturated rings. The Kier molecular flexibility index (Phi) is 5.66. The molecule has 0 bridgehead atoms. The van der Waals surface area contributed by atoms with Crippen LogP contribution < -0.4 is 14.8 Å². The number of hydrogen-bond acceptors (Lipinski definition) is 8. The standard InChI is InChI=1S/C20H18N6O3S/c1-26-12-22-10-15(26)11-29-16-4-3-14(9-17(16)28-2)18(27)23-20-25-24-19(30-20)13-5-7-21-8-6-13/h3-10,12H,11H2,1-2H3,(H,23,25,27). The van der Waals surface area contributed by atoms with Gasteiger partial charge in [-0.1, -0.05) is 11.3 Å². The van der Waals surface area contributed by atoms with Crippen LogP contribution in [0.25, 0.3) is 10.6 Å². The van der Waals surface area contributed by atoms with Crippen LogP contribution in [-0.2, 0) is 13.7 Å². The van der Waals surface area contributed by atoms with E-state index in [2.05, 4.69) is 25.5 Å². The van der Waals surface area contributed by atoms with Crippen LogP contribution in [0.4, 0.5) is 5.13 Å². The predicted molar refractivity (Wildman–Crippen MR) is 112 cm³/mol. The number of aryl methyl sites for hydroxylation is 1. The first-order valence-electron chi connectivity index (χ1n) is 8.95. The van der Waals surface area contributed by atoms with Gasteiger partial charge in [-0.2, -0.15) is 0 Å². The average molecular weight is 422 g/mol. The summed E-state index contributed by atoms with van der Waals surface area (Å²) in [6.07, 6.45) is 6.80. The van der Waals surface area contributed by atoms with E-state index in [0.29, 0.717) is 33.8 Å². The van der Waals surface area contributed by atoms with Gasteiger partial charge in [-0.05, 0) is 30.3 Å². The molecule has 0 unspecified atom stereocenters. The molecule has 152 valence electrons. The third-order valence-electron chi connectivity index (χ3n) is 4.29. The highest BCUT2D eigenvalue weighted by molar-refractivity contribution is 7.18. The first-order chi connectivity index (χ1) is 14.6. The van der Waals surface area contributed by atoms with Crippen molar-refractivity contribution >= 4 is 22.4 Å². The lowest BCUT2D eigenvalue weighted by molar-refractivity contribution is 0.102. The lowest BCUT2D eigenvalue weighted by Crippen LogP contribution is -2.12. The number of anilines is 1. The molecule has 0 aliphatic heterocycles. The Morgan fingerprint density at radius 3 is 2.70 bits per heavy atom. The maximum atomic E-state index is 12.6. The Hall–Kier alpha value is -3.79. The second kappa shape index (κ2) is 8.70. The molecule has 0 radical (unpaired) electrons. The average Bonchev–Trinajstić information content (AvgIpc) is 3.41. The van der Waals surface area contributed by atoms with Crippen LogP contribution in [-0.4, -0.2) is 37.7 Å². The number of pyridine rings is 1. The van der Waals surface area contributed by atoms with Crippen LogP contribution in [0.15, 0.2) is 55.2 Å². The summed E-state index contributed by atoms with van der Waals surface area (Å²) in [5.74, 6) is 0.676. The molecule has 0 aliphatic carbocycles. The maximum absolute atomic E-state index is 12.6. The zero-order valence-corrected chi connectivity index (χ0v) is 17.1.